The Balaban J connectivity index is 0.00000176. The number of nitrogens with one attached hydrogen (secondary N) is 1. The molecule has 22 heavy (non-hydrogen) atoms. The van der Waals surface area contributed by atoms with E-state index in [1.165, 1.54) is 18.4 Å². The van der Waals surface area contributed by atoms with Gasteiger partial charge in [-0.2, -0.15) is 0 Å². The fraction of sp³-hybridized carbons (Fsp3) is 0.588. The van der Waals surface area contributed by atoms with E-state index in [9.17, 15) is 4.79 Å². The second-order valence-electron chi connectivity index (χ2n) is 6.40. The van der Waals surface area contributed by atoms with Crippen LogP contribution in [0.25, 0.3) is 0 Å². The summed E-state index contributed by atoms with van der Waals surface area (Å²) < 4.78 is 1.08. The normalized spacial score (nSPS) is 24.5. The van der Waals surface area contributed by atoms with Crippen molar-refractivity contribution in [3.05, 3.63) is 34.3 Å². The van der Waals surface area contributed by atoms with Crippen molar-refractivity contribution >= 4 is 34.2 Å². The van der Waals surface area contributed by atoms with Gasteiger partial charge in [-0.1, -0.05) is 28.1 Å². The molecular weight excluding hydrogens is 364 g/mol. The Morgan fingerprint density at radius 3 is 2.77 bits per heavy atom. The highest BCUT2D eigenvalue weighted by Crippen LogP contribution is 2.32. The lowest BCUT2D eigenvalue weighted by molar-refractivity contribution is -0.138. The number of piperidine rings is 1. The van der Waals surface area contributed by atoms with Crippen LogP contribution in [0.1, 0.15) is 38.2 Å². The van der Waals surface area contributed by atoms with Crippen molar-refractivity contribution in [2.45, 2.75) is 51.2 Å². The van der Waals surface area contributed by atoms with E-state index in [-0.39, 0.29) is 18.3 Å². The van der Waals surface area contributed by atoms with Crippen molar-refractivity contribution in [3.63, 3.8) is 0 Å². The van der Waals surface area contributed by atoms with E-state index in [0.717, 1.165) is 30.4 Å². The summed E-state index contributed by atoms with van der Waals surface area (Å²) in [7, 11) is 0. The lowest BCUT2D eigenvalue weighted by atomic mass is 9.91. The summed E-state index contributed by atoms with van der Waals surface area (Å²) in [5.74, 6) is 0.569. The molecule has 1 saturated carbocycles. The minimum Gasteiger partial charge on any atom is -0.335 e. The molecule has 0 spiro atoms. The van der Waals surface area contributed by atoms with Crippen LogP contribution >= 0.6 is 28.3 Å². The van der Waals surface area contributed by atoms with Gasteiger partial charge >= 0.3 is 0 Å². The minimum absolute atomic E-state index is 0. The standard InChI is InChI=1S/C17H23BrN2O.ClH/c1-12-9-14(7-8-19-12)17(21)20(16-5-6-16)11-13-3-2-4-15(18)10-13;/h2-4,10,12,14,16,19H,5-9,11H2,1H3;1H/t12-,14-;/m0./s1. The van der Waals surface area contributed by atoms with Crippen molar-refractivity contribution in [2.24, 2.45) is 5.92 Å². The van der Waals surface area contributed by atoms with E-state index in [0.29, 0.717) is 18.0 Å². The first-order valence-electron chi connectivity index (χ1n) is 7.92. The fourth-order valence-electron chi connectivity index (χ4n) is 3.20. The molecule has 0 unspecified atom stereocenters. The van der Waals surface area contributed by atoms with E-state index in [4.69, 9.17) is 0 Å². The van der Waals surface area contributed by atoms with Gasteiger partial charge in [-0.25, -0.2) is 0 Å². The molecule has 1 heterocycles. The third-order valence-electron chi connectivity index (χ3n) is 4.49. The van der Waals surface area contributed by atoms with Gasteiger partial charge in [-0.3, -0.25) is 4.79 Å². The lowest BCUT2D eigenvalue weighted by Gasteiger charge is -2.32. The predicted octanol–water partition coefficient (Wildman–Crippen LogP) is 3.75. The van der Waals surface area contributed by atoms with Gasteiger partial charge in [0.05, 0.1) is 0 Å². The van der Waals surface area contributed by atoms with Gasteiger partial charge in [0.1, 0.15) is 0 Å². The van der Waals surface area contributed by atoms with Crippen LogP contribution in [-0.4, -0.2) is 29.4 Å². The maximum Gasteiger partial charge on any atom is 0.226 e. The third kappa shape index (κ3) is 4.46. The first kappa shape index (κ1) is 17.8. The molecule has 0 bridgehead atoms. The molecule has 1 amide bonds. The first-order chi connectivity index (χ1) is 10.1. The molecule has 1 aliphatic heterocycles. The summed E-state index contributed by atoms with van der Waals surface area (Å²) in [6.45, 7) is 3.89. The molecule has 3 rings (SSSR count). The van der Waals surface area contributed by atoms with Gasteiger partial charge in [-0.05, 0) is 56.8 Å². The second-order valence-corrected chi connectivity index (χ2v) is 7.32. The Bertz CT molecular complexity index is 521. The van der Waals surface area contributed by atoms with Gasteiger partial charge in [0.2, 0.25) is 5.91 Å². The minimum atomic E-state index is 0. The maximum absolute atomic E-state index is 12.9. The van der Waals surface area contributed by atoms with Crippen LogP contribution in [0.15, 0.2) is 28.7 Å². The van der Waals surface area contributed by atoms with E-state index in [1.807, 2.05) is 12.1 Å². The summed E-state index contributed by atoms with van der Waals surface area (Å²) >= 11 is 3.51. The van der Waals surface area contributed by atoms with Crippen LogP contribution in [0.4, 0.5) is 0 Å². The summed E-state index contributed by atoms with van der Waals surface area (Å²) in [5.41, 5.74) is 1.21. The van der Waals surface area contributed by atoms with Crippen LogP contribution in [0.5, 0.6) is 0 Å². The first-order valence-corrected chi connectivity index (χ1v) is 8.71. The molecule has 1 aliphatic carbocycles. The highest BCUT2D eigenvalue weighted by molar-refractivity contribution is 9.10. The Hall–Kier alpha value is -0.580. The van der Waals surface area contributed by atoms with Crippen molar-refractivity contribution < 1.29 is 4.79 Å². The molecule has 2 atom stereocenters. The largest absolute Gasteiger partial charge is 0.335 e. The highest BCUT2D eigenvalue weighted by atomic mass is 79.9. The van der Waals surface area contributed by atoms with Gasteiger partial charge in [0.25, 0.3) is 0 Å². The smallest absolute Gasteiger partial charge is 0.226 e. The lowest BCUT2D eigenvalue weighted by Crippen LogP contribution is -2.44. The fourth-order valence-corrected chi connectivity index (χ4v) is 3.64. The number of carbonyl (C=O) groups excluding carboxylic acids is 1. The molecule has 3 nitrogen and oxygen atoms in total. The molecule has 1 N–H and O–H groups in total. The van der Waals surface area contributed by atoms with E-state index >= 15 is 0 Å². The molecule has 5 heteroatoms. The van der Waals surface area contributed by atoms with Crippen molar-refractivity contribution in [1.29, 1.82) is 0 Å². The monoisotopic (exact) mass is 386 g/mol. The molecule has 122 valence electrons. The van der Waals surface area contributed by atoms with E-state index in [2.05, 4.69) is 45.2 Å². The molecule has 1 saturated heterocycles. The number of rotatable bonds is 4. The quantitative estimate of drug-likeness (QED) is 0.853. The van der Waals surface area contributed by atoms with E-state index < -0.39 is 0 Å². The Labute approximate surface area is 147 Å². The molecule has 2 fully saturated rings. The van der Waals surface area contributed by atoms with Gasteiger partial charge in [-0.15, -0.1) is 12.4 Å². The predicted molar refractivity (Wildman–Crippen MR) is 95.2 cm³/mol. The van der Waals surface area contributed by atoms with Crippen LogP contribution in [0.2, 0.25) is 0 Å². The van der Waals surface area contributed by atoms with Crippen molar-refractivity contribution in [2.75, 3.05) is 6.54 Å². The molecule has 0 radical (unpaired) electrons. The number of nitrogens with zero attached hydrogens (tertiary/aromatic N) is 1. The summed E-state index contributed by atoms with van der Waals surface area (Å²) in [5, 5.41) is 3.43. The number of hydrogen-bond acceptors (Lipinski definition) is 2. The number of halogens is 2. The number of amides is 1. The SMILES string of the molecule is C[C@H]1C[C@@H](C(=O)N(Cc2cccc(Br)c2)C2CC2)CCN1.Cl. The Morgan fingerprint density at radius 1 is 1.36 bits per heavy atom. The molecule has 1 aromatic carbocycles. The number of carbonyl (C=O) groups is 1. The third-order valence-corrected chi connectivity index (χ3v) is 4.98. The maximum atomic E-state index is 12.9. The second kappa shape index (κ2) is 7.80. The highest BCUT2D eigenvalue weighted by Gasteiger charge is 2.36. The number of hydrogen-bond donors (Lipinski definition) is 1. The molecule has 0 aromatic heterocycles. The molecule has 2 aliphatic rings. The zero-order chi connectivity index (χ0) is 14.8. The van der Waals surface area contributed by atoms with Crippen LogP contribution in [0, 0.1) is 5.92 Å². The van der Waals surface area contributed by atoms with Crippen LogP contribution < -0.4 is 5.32 Å². The van der Waals surface area contributed by atoms with Gasteiger partial charge in [0, 0.05) is 29.0 Å². The summed E-state index contributed by atoms with van der Waals surface area (Å²) in [6.07, 6.45) is 4.28. The van der Waals surface area contributed by atoms with E-state index in [1.54, 1.807) is 0 Å². The average Bonchev–Trinajstić information content (AvgIpc) is 3.29. The van der Waals surface area contributed by atoms with Crippen LogP contribution in [-0.2, 0) is 11.3 Å². The Kier molecular flexibility index (Phi) is 6.30. The van der Waals surface area contributed by atoms with Crippen molar-refractivity contribution in [1.82, 2.24) is 10.2 Å². The number of benzene rings is 1. The molecule has 1 aromatic rings. The van der Waals surface area contributed by atoms with Gasteiger partial charge < -0.3 is 10.2 Å². The van der Waals surface area contributed by atoms with Crippen LogP contribution in [0.3, 0.4) is 0 Å². The summed E-state index contributed by atoms with van der Waals surface area (Å²) in [4.78, 5) is 15.0. The topological polar surface area (TPSA) is 32.3 Å². The molecular formula is C17H24BrClN2O. The van der Waals surface area contributed by atoms with Gasteiger partial charge in [0.15, 0.2) is 0 Å². The Morgan fingerprint density at radius 2 is 2.14 bits per heavy atom. The summed E-state index contributed by atoms with van der Waals surface area (Å²) in [6, 6.07) is 9.23. The zero-order valence-corrected chi connectivity index (χ0v) is 15.3. The average molecular weight is 388 g/mol. The zero-order valence-electron chi connectivity index (χ0n) is 12.9. The van der Waals surface area contributed by atoms with Crippen molar-refractivity contribution in [3.8, 4) is 0 Å².